The van der Waals surface area contributed by atoms with Crippen molar-refractivity contribution in [3.63, 3.8) is 0 Å². The number of hydrogen-bond donors (Lipinski definition) is 2. The van der Waals surface area contributed by atoms with Crippen LogP contribution >= 0.6 is 11.6 Å². The first-order chi connectivity index (χ1) is 11.5. The third kappa shape index (κ3) is 5.55. The monoisotopic (exact) mass is 347 g/mol. The Labute approximate surface area is 147 Å². The number of benzene rings is 2. The van der Waals surface area contributed by atoms with Crippen molar-refractivity contribution in [1.82, 2.24) is 5.32 Å². The highest BCUT2D eigenvalue weighted by molar-refractivity contribution is 6.31. The second kappa shape index (κ2) is 8.71. The minimum absolute atomic E-state index is 0.0832. The molecule has 0 aliphatic carbocycles. The summed E-state index contributed by atoms with van der Waals surface area (Å²) in [5, 5.41) is 13.4. The lowest BCUT2D eigenvalue weighted by atomic mass is 10.1. The Morgan fingerprint density at radius 3 is 2.67 bits per heavy atom. The van der Waals surface area contributed by atoms with Crippen molar-refractivity contribution in [1.29, 1.82) is 0 Å². The van der Waals surface area contributed by atoms with E-state index >= 15 is 0 Å². The average molecular weight is 348 g/mol. The van der Waals surface area contributed by atoms with Crippen LogP contribution in [0.5, 0.6) is 5.75 Å². The number of halogens is 1. The highest BCUT2D eigenvalue weighted by Gasteiger charge is 2.13. The molecule has 0 radical (unpaired) electrons. The van der Waals surface area contributed by atoms with E-state index in [2.05, 4.69) is 5.32 Å². The first-order valence-electron chi connectivity index (χ1n) is 7.90. The summed E-state index contributed by atoms with van der Waals surface area (Å²) in [4.78, 5) is 12.1. The second-order valence-corrected chi connectivity index (χ2v) is 6.24. The van der Waals surface area contributed by atoms with Crippen molar-refractivity contribution in [3.8, 4) is 5.75 Å². The summed E-state index contributed by atoms with van der Waals surface area (Å²) in [5.74, 6) is 0.578. The normalized spacial score (nSPS) is 12.0. The molecule has 0 aliphatic rings. The van der Waals surface area contributed by atoms with Crippen molar-refractivity contribution in [3.05, 3.63) is 64.7 Å². The zero-order valence-electron chi connectivity index (χ0n) is 13.8. The summed E-state index contributed by atoms with van der Waals surface area (Å²) in [6.45, 7) is 4.02. The fourth-order valence-corrected chi connectivity index (χ4v) is 2.58. The molecule has 1 atom stereocenters. The van der Waals surface area contributed by atoms with E-state index in [0.29, 0.717) is 10.6 Å². The molecule has 0 bridgehead atoms. The predicted octanol–water partition coefficient (Wildman–Crippen LogP) is 3.52. The number of aliphatic hydroxyl groups is 1. The number of amides is 1. The predicted molar refractivity (Wildman–Crippen MR) is 95.3 cm³/mol. The largest absolute Gasteiger partial charge is 0.491 e. The number of nitrogens with one attached hydrogen (secondary N) is 1. The number of ether oxygens (including phenoxy) is 1. The van der Waals surface area contributed by atoms with Gasteiger partial charge in [-0.2, -0.15) is 0 Å². The number of aliphatic hydroxyl groups excluding tert-OH is 1. The number of carbonyl (C=O) groups excluding carboxylic acids is 1. The van der Waals surface area contributed by atoms with Crippen molar-refractivity contribution >= 4 is 17.5 Å². The van der Waals surface area contributed by atoms with Crippen LogP contribution in [0.25, 0.3) is 0 Å². The lowest BCUT2D eigenvalue weighted by Gasteiger charge is -2.14. The van der Waals surface area contributed by atoms with Crippen LogP contribution in [-0.2, 0) is 11.2 Å². The maximum atomic E-state index is 12.1. The Balaban J connectivity index is 1.88. The number of rotatable bonds is 7. The first-order valence-corrected chi connectivity index (χ1v) is 8.28. The molecule has 5 heteroatoms. The van der Waals surface area contributed by atoms with E-state index in [0.717, 1.165) is 11.3 Å². The smallest absolute Gasteiger partial charge is 0.224 e. The Kier molecular flexibility index (Phi) is 6.64. The minimum atomic E-state index is -0.835. The van der Waals surface area contributed by atoms with Crippen molar-refractivity contribution in [2.24, 2.45) is 0 Å². The highest BCUT2D eigenvalue weighted by Crippen LogP contribution is 2.22. The second-order valence-electron chi connectivity index (χ2n) is 5.83. The lowest BCUT2D eigenvalue weighted by molar-refractivity contribution is -0.120. The molecule has 2 rings (SSSR count). The van der Waals surface area contributed by atoms with Crippen molar-refractivity contribution in [2.45, 2.75) is 32.5 Å². The Hall–Kier alpha value is -2.04. The van der Waals surface area contributed by atoms with E-state index in [1.165, 1.54) is 0 Å². The molecule has 128 valence electrons. The van der Waals surface area contributed by atoms with E-state index in [1.807, 2.05) is 38.1 Å². The summed E-state index contributed by atoms with van der Waals surface area (Å²) < 4.78 is 5.62. The Morgan fingerprint density at radius 1 is 1.21 bits per heavy atom. The summed E-state index contributed by atoms with van der Waals surface area (Å²) in [7, 11) is 0. The topological polar surface area (TPSA) is 58.6 Å². The van der Waals surface area contributed by atoms with Gasteiger partial charge in [-0.25, -0.2) is 0 Å². The van der Waals surface area contributed by atoms with E-state index in [-0.39, 0.29) is 25.0 Å². The van der Waals surface area contributed by atoms with Crippen LogP contribution in [-0.4, -0.2) is 23.7 Å². The molecule has 0 fully saturated rings. The Morgan fingerprint density at radius 2 is 1.96 bits per heavy atom. The van der Waals surface area contributed by atoms with Crippen LogP contribution in [0.4, 0.5) is 0 Å². The molecular weight excluding hydrogens is 326 g/mol. The van der Waals surface area contributed by atoms with E-state index in [4.69, 9.17) is 16.3 Å². The molecule has 1 amide bonds. The van der Waals surface area contributed by atoms with Crippen molar-refractivity contribution < 1.29 is 14.6 Å². The van der Waals surface area contributed by atoms with Gasteiger partial charge >= 0.3 is 0 Å². The molecule has 4 nitrogen and oxygen atoms in total. The van der Waals surface area contributed by atoms with Gasteiger partial charge in [0.1, 0.15) is 5.75 Å². The van der Waals surface area contributed by atoms with Gasteiger partial charge in [-0.05, 0) is 37.6 Å². The SMILES string of the molecule is CC(C)Oc1cccc(CC(=O)NCC(O)c2ccccc2Cl)c1. The van der Waals surface area contributed by atoms with Gasteiger partial charge in [0.15, 0.2) is 0 Å². The fourth-order valence-electron chi connectivity index (χ4n) is 2.31. The van der Waals surface area contributed by atoms with Gasteiger partial charge in [-0.3, -0.25) is 4.79 Å². The molecule has 0 aromatic heterocycles. The van der Waals surface area contributed by atoms with Gasteiger partial charge < -0.3 is 15.2 Å². The van der Waals surface area contributed by atoms with Crippen molar-refractivity contribution in [2.75, 3.05) is 6.54 Å². The molecule has 0 aliphatic heterocycles. The van der Waals surface area contributed by atoms with Crippen LogP contribution in [0.1, 0.15) is 31.1 Å². The zero-order valence-corrected chi connectivity index (χ0v) is 14.6. The molecule has 2 aromatic rings. The van der Waals surface area contributed by atoms with E-state index < -0.39 is 6.10 Å². The molecule has 0 heterocycles. The Bertz CT molecular complexity index is 688. The average Bonchev–Trinajstić information content (AvgIpc) is 2.53. The third-order valence-electron chi connectivity index (χ3n) is 3.39. The molecule has 0 saturated heterocycles. The molecule has 0 saturated carbocycles. The first kappa shape index (κ1) is 18.3. The van der Waals surface area contributed by atoms with Crippen LogP contribution in [0.15, 0.2) is 48.5 Å². The molecule has 24 heavy (non-hydrogen) atoms. The standard InChI is InChI=1S/C19H22ClNO3/c1-13(2)24-15-7-5-6-14(10-15)11-19(23)21-12-18(22)16-8-3-4-9-17(16)20/h3-10,13,18,22H,11-12H2,1-2H3,(H,21,23). The van der Waals surface area contributed by atoms with Gasteiger partial charge in [0.25, 0.3) is 0 Å². The highest BCUT2D eigenvalue weighted by atomic mass is 35.5. The molecular formula is C19H22ClNO3. The summed E-state index contributed by atoms with van der Waals surface area (Å²) in [6.07, 6.45) is -0.525. The lowest BCUT2D eigenvalue weighted by Crippen LogP contribution is -2.29. The van der Waals surface area contributed by atoms with Crippen LogP contribution in [0.2, 0.25) is 5.02 Å². The van der Waals surface area contributed by atoms with Crippen LogP contribution in [0, 0.1) is 0 Å². The summed E-state index contributed by atoms with van der Waals surface area (Å²) >= 11 is 6.04. The molecule has 1 unspecified atom stereocenters. The summed E-state index contributed by atoms with van der Waals surface area (Å²) in [6, 6.07) is 14.5. The molecule has 2 aromatic carbocycles. The van der Waals surface area contributed by atoms with Gasteiger partial charge in [-0.15, -0.1) is 0 Å². The van der Waals surface area contributed by atoms with E-state index in [1.54, 1.807) is 24.3 Å². The van der Waals surface area contributed by atoms with Gasteiger partial charge in [0.2, 0.25) is 5.91 Å². The van der Waals surface area contributed by atoms with Gasteiger partial charge in [0.05, 0.1) is 18.6 Å². The quantitative estimate of drug-likeness (QED) is 0.805. The number of carbonyl (C=O) groups is 1. The maximum absolute atomic E-state index is 12.1. The molecule has 2 N–H and O–H groups in total. The zero-order chi connectivity index (χ0) is 17.5. The molecule has 0 spiro atoms. The van der Waals surface area contributed by atoms with Gasteiger partial charge in [0, 0.05) is 17.1 Å². The van der Waals surface area contributed by atoms with E-state index in [9.17, 15) is 9.90 Å². The van der Waals surface area contributed by atoms with Gasteiger partial charge in [-0.1, -0.05) is 41.9 Å². The maximum Gasteiger partial charge on any atom is 0.224 e. The minimum Gasteiger partial charge on any atom is -0.491 e. The summed E-state index contributed by atoms with van der Waals surface area (Å²) in [5.41, 5.74) is 1.46. The number of hydrogen-bond acceptors (Lipinski definition) is 3. The van der Waals surface area contributed by atoms with Crippen LogP contribution < -0.4 is 10.1 Å². The third-order valence-corrected chi connectivity index (χ3v) is 3.74. The fraction of sp³-hybridized carbons (Fsp3) is 0.316. The van der Waals surface area contributed by atoms with Crippen LogP contribution in [0.3, 0.4) is 0 Å².